The summed E-state index contributed by atoms with van der Waals surface area (Å²) in [6.45, 7) is 1.51. The quantitative estimate of drug-likeness (QED) is 0.733. The Hall–Kier alpha value is -2.33. The first kappa shape index (κ1) is 15.1. The van der Waals surface area contributed by atoms with Crippen LogP contribution in [0, 0.1) is 0 Å². The van der Waals surface area contributed by atoms with Gasteiger partial charge in [-0.3, -0.25) is 4.79 Å². The molecule has 21 heavy (non-hydrogen) atoms. The van der Waals surface area contributed by atoms with Gasteiger partial charge in [0, 0.05) is 13.0 Å². The smallest absolute Gasteiger partial charge is 0.217 e. The van der Waals surface area contributed by atoms with Crippen molar-refractivity contribution in [2.75, 3.05) is 6.54 Å². The minimum Gasteiger partial charge on any atom is -0.457 e. The Bertz CT molecular complexity index is 570. The fourth-order valence-electron chi connectivity index (χ4n) is 1.96. The van der Waals surface area contributed by atoms with Crippen molar-refractivity contribution in [3.8, 4) is 11.5 Å². The maximum absolute atomic E-state index is 10.6. The molecule has 0 unspecified atom stereocenters. The van der Waals surface area contributed by atoms with Crippen molar-refractivity contribution in [2.24, 2.45) is 5.73 Å². The van der Waals surface area contributed by atoms with Crippen LogP contribution in [0.1, 0.15) is 18.4 Å². The molecule has 3 N–H and O–H groups in total. The third-order valence-corrected chi connectivity index (χ3v) is 2.98. The van der Waals surface area contributed by atoms with Crippen LogP contribution in [0.4, 0.5) is 0 Å². The Kier molecular flexibility index (Phi) is 5.79. The SMILES string of the molecule is NC(=O)CCCNCc1cccc(Oc2ccccc2)c1. The lowest BCUT2D eigenvalue weighted by Gasteiger charge is -2.08. The van der Waals surface area contributed by atoms with Gasteiger partial charge in [0.25, 0.3) is 0 Å². The van der Waals surface area contributed by atoms with Crippen molar-refractivity contribution in [1.29, 1.82) is 0 Å². The number of primary amides is 1. The molecule has 0 aromatic heterocycles. The first-order valence-corrected chi connectivity index (χ1v) is 7.05. The molecule has 0 saturated heterocycles. The number of nitrogens with two attached hydrogens (primary N) is 1. The Morgan fingerprint density at radius 2 is 1.81 bits per heavy atom. The van der Waals surface area contributed by atoms with Gasteiger partial charge in [-0.15, -0.1) is 0 Å². The summed E-state index contributed by atoms with van der Waals surface area (Å²) in [4.78, 5) is 10.6. The third kappa shape index (κ3) is 5.67. The molecule has 0 saturated carbocycles. The summed E-state index contributed by atoms with van der Waals surface area (Å²) in [5.41, 5.74) is 6.24. The summed E-state index contributed by atoms with van der Waals surface area (Å²) in [6, 6.07) is 17.6. The van der Waals surface area contributed by atoms with Gasteiger partial charge in [-0.05, 0) is 42.8 Å². The Morgan fingerprint density at radius 1 is 1.05 bits per heavy atom. The van der Waals surface area contributed by atoms with E-state index in [1.165, 1.54) is 0 Å². The van der Waals surface area contributed by atoms with E-state index in [2.05, 4.69) is 5.32 Å². The van der Waals surface area contributed by atoms with Gasteiger partial charge in [0.15, 0.2) is 0 Å². The molecule has 0 radical (unpaired) electrons. The lowest BCUT2D eigenvalue weighted by molar-refractivity contribution is -0.118. The summed E-state index contributed by atoms with van der Waals surface area (Å²) >= 11 is 0. The van der Waals surface area contributed by atoms with Gasteiger partial charge in [0.05, 0.1) is 0 Å². The molecule has 0 fully saturated rings. The van der Waals surface area contributed by atoms with Crippen LogP contribution in [0.25, 0.3) is 0 Å². The predicted octanol–water partition coefficient (Wildman–Crippen LogP) is 2.83. The van der Waals surface area contributed by atoms with Crippen molar-refractivity contribution in [1.82, 2.24) is 5.32 Å². The second kappa shape index (κ2) is 8.07. The molecule has 0 atom stereocenters. The van der Waals surface area contributed by atoms with Crippen LogP contribution in [0.15, 0.2) is 54.6 Å². The Labute approximate surface area is 124 Å². The molecule has 110 valence electrons. The highest BCUT2D eigenvalue weighted by Crippen LogP contribution is 2.21. The van der Waals surface area contributed by atoms with E-state index in [4.69, 9.17) is 10.5 Å². The van der Waals surface area contributed by atoms with Crippen LogP contribution in [0.3, 0.4) is 0 Å². The van der Waals surface area contributed by atoms with Crippen molar-refractivity contribution in [3.05, 3.63) is 60.2 Å². The molecule has 2 rings (SSSR count). The van der Waals surface area contributed by atoms with E-state index in [1.807, 2.05) is 54.6 Å². The van der Waals surface area contributed by atoms with Gasteiger partial charge >= 0.3 is 0 Å². The van der Waals surface area contributed by atoms with Gasteiger partial charge < -0.3 is 15.8 Å². The molecule has 4 nitrogen and oxygen atoms in total. The maximum atomic E-state index is 10.6. The Morgan fingerprint density at radius 3 is 2.57 bits per heavy atom. The number of benzene rings is 2. The molecule has 0 spiro atoms. The van der Waals surface area contributed by atoms with E-state index < -0.39 is 0 Å². The highest BCUT2D eigenvalue weighted by molar-refractivity contribution is 5.73. The minimum atomic E-state index is -0.255. The normalized spacial score (nSPS) is 10.3. The molecule has 2 aromatic carbocycles. The maximum Gasteiger partial charge on any atom is 0.217 e. The summed E-state index contributed by atoms with van der Waals surface area (Å²) in [5, 5.41) is 3.28. The number of carbonyl (C=O) groups is 1. The first-order chi connectivity index (χ1) is 10.2. The van der Waals surface area contributed by atoms with Gasteiger partial charge in [-0.25, -0.2) is 0 Å². The fourth-order valence-corrected chi connectivity index (χ4v) is 1.96. The average Bonchev–Trinajstić information content (AvgIpc) is 2.48. The monoisotopic (exact) mass is 284 g/mol. The van der Waals surface area contributed by atoms with Crippen LogP contribution in [-0.2, 0) is 11.3 Å². The molecule has 0 aliphatic rings. The summed E-state index contributed by atoms with van der Waals surface area (Å²) in [6.07, 6.45) is 1.18. The largest absolute Gasteiger partial charge is 0.457 e. The predicted molar refractivity (Wildman–Crippen MR) is 83.1 cm³/mol. The third-order valence-electron chi connectivity index (χ3n) is 2.98. The first-order valence-electron chi connectivity index (χ1n) is 7.05. The lowest BCUT2D eigenvalue weighted by Crippen LogP contribution is -2.18. The second-order valence-electron chi connectivity index (χ2n) is 4.81. The van der Waals surface area contributed by atoms with Gasteiger partial charge in [0.1, 0.15) is 11.5 Å². The van der Waals surface area contributed by atoms with E-state index in [0.717, 1.165) is 36.6 Å². The number of ether oxygens (including phenoxy) is 1. The van der Waals surface area contributed by atoms with E-state index in [-0.39, 0.29) is 5.91 Å². The van der Waals surface area contributed by atoms with Crippen molar-refractivity contribution >= 4 is 5.91 Å². The van der Waals surface area contributed by atoms with Crippen LogP contribution >= 0.6 is 0 Å². The molecular weight excluding hydrogens is 264 g/mol. The van der Waals surface area contributed by atoms with E-state index in [9.17, 15) is 4.79 Å². The number of rotatable bonds is 8. The second-order valence-corrected chi connectivity index (χ2v) is 4.81. The summed E-state index contributed by atoms with van der Waals surface area (Å²) < 4.78 is 5.79. The van der Waals surface area contributed by atoms with E-state index in [1.54, 1.807) is 0 Å². The molecule has 0 aliphatic carbocycles. The van der Waals surface area contributed by atoms with Gasteiger partial charge in [-0.2, -0.15) is 0 Å². The number of carbonyl (C=O) groups excluding carboxylic acids is 1. The number of hydrogen-bond donors (Lipinski definition) is 2. The van der Waals surface area contributed by atoms with Gasteiger partial charge in [-0.1, -0.05) is 30.3 Å². The summed E-state index contributed by atoms with van der Waals surface area (Å²) in [7, 11) is 0. The minimum absolute atomic E-state index is 0.255. The molecule has 2 aromatic rings. The Balaban J connectivity index is 1.82. The van der Waals surface area contributed by atoms with Crippen LogP contribution in [-0.4, -0.2) is 12.5 Å². The fraction of sp³-hybridized carbons (Fsp3) is 0.235. The molecule has 0 bridgehead atoms. The number of hydrogen-bond acceptors (Lipinski definition) is 3. The number of amides is 1. The van der Waals surface area contributed by atoms with Crippen LogP contribution in [0.5, 0.6) is 11.5 Å². The zero-order chi connectivity index (χ0) is 14.9. The molecule has 0 heterocycles. The van der Waals surface area contributed by atoms with Gasteiger partial charge in [0.2, 0.25) is 5.91 Å². The molecule has 0 aliphatic heterocycles. The van der Waals surface area contributed by atoms with Crippen molar-refractivity contribution in [2.45, 2.75) is 19.4 Å². The van der Waals surface area contributed by atoms with Crippen LogP contribution in [0.2, 0.25) is 0 Å². The van der Waals surface area contributed by atoms with Crippen molar-refractivity contribution in [3.63, 3.8) is 0 Å². The molecular formula is C17H20N2O2. The van der Waals surface area contributed by atoms with Crippen LogP contribution < -0.4 is 15.8 Å². The standard InChI is InChI=1S/C17H20N2O2/c18-17(20)10-5-11-19-13-14-6-4-9-16(12-14)21-15-7-2-1-3-8-15/h1-4,6-9,12,19H,5,10-11,13H2,(H2,18,20). The van der Waals surface area contributed by atoms with Crippen molar-refractivity contribution < 1.29 is 9.53 Å². The zero-order valence-electron chi connectivity index (χ0n) is 11.9. The molecule has 1 amide bonds. The highest BCUT2D eigenvalue weighted by Gasteiger charge is 1.99. The van der Waals surface area contributed by atoms with E-state index >= 15 is 0 Å². The number of nitrogens with one attached hydrogen (secondary N) is 1. The highest BCUT2D eigenvalue weighted by atomic mass is 16.5. The molecule has 4 heteroatoms. The topological polar surface area (TPSA) is 64.4 Å². The summed E-state index contributed by atoms with van der Waals surface area (Å²) in [5.74, 6) is 1.39. The number of para-hydroxylation sites is 1. The lowest BCUT2D eigenvalue weighted by atomic mass is 10.2. The average molecular weight is 284 g/mol. The zero-order valence-corrected chi connectivity index (χ0v) is 11.9. The van der Waals surface area contributed by atoms with E-state index in [0.29, 0.717) is 6.42 Å².